The zero-order valence-electron chi connectivity index (χ0n) is 13.2. The Morgan fingerprint density at radius 1 is 1.19 bits per heavy atom. The van der Waals surface area contributed by atoms with Crippen LogP contribution in [0.5, 0.6) is 5.75 Å². The normalized spacial score (nSPS) is 19.4. The number of methoxy groups -OCH3 is 2. The molecule has 0 spiro atoms. The first-order chi connectivity index (χ1) is 9.71. The van der Waals surface area contributed by atoms with Gasteiger partial charge in [-0.2, -0.15) is 0 Å². The van der Waals surface area contributed by atoms with Crippen molar-refractivity contribution in [3.05, 3.63) is 18.0 Å². The highest BCUT2D eigenvalue weighted by Crippen LogP contribution is 2.36. The lowest BCUT2D eigenvalue weighted by atomic mass is 9.80. The molecule has 1 aromatic heterocycles. The Bertz CT molecular complexity index is 542. The zero-order chi connectivity index (χ0) is 15.8. The van der Waals surface area contributed by atoms with E-state index < -0.39 is 24.3 Å². The summed E-state index contributed by atoms with van der Waals surface area (Å²) in [5, 5.41) is 0. The van der Waals surface area contributed by atoms with Gasteiger partial charge in [-0.05, 0) is 33.8 Å². The third kappa shape index (κ3) is 2.75. The molecule has 1 aliphatic heterocycles. The molecule has 1 saturated heterocycles. The standard InChI is InChI=1S/C14H20BNO5/c1-13(2)14(3,4)21-15(20-13)9-7-10(18-5)11(16-8-9)12(17)19-6/h7-8H,1-6H3. The molecule has 0 N–H and O–H groups in total. The van der Waals surface area contributed by atoms with Gasteiger partial charge in [0.1, 0.15) is 0 Å². The molecule has 7 heteroatoms. The van der Waals surface area contributed by atoms with E-state index in [2.05, 4.69) is 9.72 Å². The maximum Gasteiger partial charge on any atom is 0.496 e. The minimum absolute atomic E-state index is 0.125. The van der Waals surface area contributed by atoms with Crippen LogP contribution >= 0.6 is 0 Å². The summed E-state index contributed by atoms with van der Waals surface area (Å²) in [6, 6.07) is 1.68. The Kier molecular flexibility index (Phi) is 3.99. The van der Waals surface area contributed by atoms with Gasteiger partial charge in [-0.1, -0.05) is 0 Å². The van der Waals surface area contributed by atoms with Crippen LogP contribution in [0.15, 0.2) is 12.3 Å². The van der Waals surface area contributed by atoms with E-state index in [0.29, 0.717) is 11.2 Å². The monoisotopic (exact) mass is 293 g/mol. The van der Waals surface area contributed by atoms with Gasteiger partial charge in [-0.15, -0.1) is 0 Å². The quantitative estimate of drug-likeness (QED) is 0.616. The summed E-state index contributed by atoms with van der Waals surface area (Å²) < 4.78 is 21.7. The van der Waals surface area contributed by atoms with Gasteiger partial charge >= 0.3 is 13.1 Å². The van der Waals surface area contributed by atoms with Gasteiger partial charge in [0.15, 0.2) is 11.4 Å². The second-order valence-corrected chi connectivity index (χ2v) is 5.90. The van der Waals surface area contributed by atoms with Crippen LogP contribution in [0.1, 0.15) is 38.2 Å². The Balaban J connectivity index is 2.33. The van der Waals surface area contributed by atoms with Crippen molar-refractivity contribution in [3.63, 3.8) is 0 Å². The molecule has 2 heterocycles. The summed E-state index contributed by atoms with van der Waals surface area (Å²) in [6.45, 7) is 7.89. The highest BCUT2D eigenvalue weighted by molar-refractivity contribution is 6.62. The molecule has 1 aromatic rings. The molecule has 0 bridgehead atoms. The minimum atomic E-state index is -0.553. The van der Waals surface area contributed by atoms with E-state index in [9.17, 15) is 4.79 Å². The van der Waals surface area contributed by atoms with Gasteiger partial charge in [-0.25, -0.2) is 9.78 Å². The van der Waals surface area contributed by atoms with E-state index >= 15 is 0 Å². The summed E-state index contributed by atoms with van der Waals surface area (Å²) >= 11 is 0. The highest BCUT2D eigenvalue weighted by Gasteiger charge is 2.52. The molecular weight excluding hydrogens is 273 g/mol. The fraction of sp³-hybridized carbons (Fsp3) is 0.571. The lowest BCUT2D eigenvalue weighted by Crippen LogP contribution is -2.41. The summed E-state index contributed by atoms with van der Waals surface area (Å²) in [7, 11) is 2.21. The molecule has 0 amide bonds. The molecule has 0 saturated carbocycles. The van der Waals surface area contributed by atoms with E-state index in [-0.39, 0.29) is 5.69 Å². The summed E-state index contributed by atoms with van der Waals surface area (Å²) in [5.41, 5.74) is -0.0592. The molecule has 6 nitrogen and oxygen atoms in total. The van der Waals surface area contributed by atoms with Gasteiger partial charge in [0.2, 0.25) is 0 Å². The van der Waals surface area contributed by atoms with Gasteiger partial charge in [0, 0.05) is 11.7 Å². The lowest BCUT2D eigenvalue weighted by Gasteiger charge is -2.32. The first-order valence-electron chi connectivity index (χ1n) is 6.70. The molecule has 114 valence electrons. The molecule has 0 atom stereocenters. The Morgan fingerprint density at radius 2 is 1.76 bits per heavy atom. The SMILES string of the molecule is COC(=O)c1ncc(B2OC(C)(C)C(C)(C)O2)cc1OC. The first kappa shape index (κ1) is 15.8. The van der Waals surface area contributed by atoms with Crippen LogP contribution in [0.2, 0.25) is 0 Å². The van der Waals surface area contributed by atoms with Gasteiger partial charge < -0.3 is 18.8 Å². The molecule has 21 heavy (non-hydrogen) atoms. The molecule has 0 unspecified atom stereocenters. The van der Waals surface area contributed by atoms with Crippen molar-refractivity contribution in [3.8, 4) is 5.75 Å². The fourth-order valence-corrected chi connectivity index (χ4v) is 1.97. The number of esters is 1. The molecule has 2 rings (SSSR count). The van der Waals surface area contributed by atoms with Crippen molar-refractivity contribution in [2.24, 2.45) is 0 Å². The van der Waals surface area contributed by atoms with Gasteiger partial charge in [0.25, 0.3) is 0 Å². The van der Waals surface area contributed by atoms with Gasteiger partial charge in [0.05, 0.1) is 25.4 Å². The summed E-state index contributed by atoms with van der Waals surface area (Å²) in [6.07, 6.45) is 1.54. The minimum Gasteiger partial charge on any atom is -0.494 e. The maximum absolute atomic E-state index is 11.6. The van der Waals surface area contributed by atoms with Crippen molar-refractivity contribution in [1.29, 1.82) is 0 Å². The Morgan fingerprint density at radius 3 is 2.24 bits per heavy atom. The molecule has 0 aromatic carbocycles. The van der Waals surface area contributed by atoms with E-state index in [1.54, 1.807) is 6.07 Å². The number of carbonyl (C=O) groups excluding carboxylic acids is 1. The van der Waals surface area contributed by atoms with Crippen molar-refractivity contribution in [2.45, 2.75) is 38.9 Å². The van der Waals surface area contributed by atoms with Crippen LogP contribution < -0.4 is 10.2 Å². The maximum atomic E-state index is 11.6. The average molecular weight is 293 g/mol. The predicted molar refractivity (Wildman–Crippen MR) is 77.8 cm³/mol. The molecule has 0 aliphatic carbocycles. The Labute approximate surface area is 124 Å². The van der Waals surface area contributed by atoms with Crippen LogP contribution in [0.3, 0.4) is 0 Å². The number of hydrogen-bond acceptors (Lipinski definition) is 6. The summed E-state index contributed by atoms with van der Waals surface area (Å²) in [4.78, 5) is 15.7. The van der Waals surface area contributed by atoms with Crippen molar-refractivity contribution in [2.75, 3.05) is 14.2 Å². The molecule has 1 fully saturated rings. The molecule has 0 radical (unpaired) electrons. The number of nitrogens with zero attached hydrogens (tertiary/aromatic N) is 1. The van der Waals surface area contributed by atoms with Crippen molar-refractivity contribution < 1.29 is 23.6 Å². The average Bonchev–Trinajstić information content (AvgIpc) is 2.66. The number of carbonyl (C=O) groups is 1. The second-order valence-electron chi connectivity index (χ2n) is 5.90. The van der Waals surface area contributed by atoms with Crippen molar-refractivity contribution >= 4 is 18.6 Å². The lowest BCUT2D eigenvalue weighted by molar-refractivity contribution is 0.00578. The second kappa shape index (κ2) is 5.31. The number of aromatic nitrogens is 1. The number of rotatable bonds is 3. The van der Waals surface area contributed by atoms with Gasteiger partial charge in [-0.3, -0.25) is 0 Å². The fourth-order valence-electron chi connectivity index (χ4n) is 1.97. The van der Waals surface area contributed by atoms with Crippen LogP contribution in [0.25, 0.3) is 0 Å². The molecular formula is C14H20BNO5. The third-order valence-corrected chi connectivity index (χ3v) is 4.00. The van der Waals surface area contributed by atoms with E-state index in [0.717, 1.165) is 0 Å². The number of ether oxygens (including phenoxy) is 2. The van der Waals surface area contributed by atoms with Crippen LogP contribution in [0.4, 0.5) is 0 Å². The number of pyridine rings is 1. The topological polar surface area (TPSA) is 66.9 Å². The van der Waals surface area contributed by atoms with Crippen LogP contribution in [-0.4, -0.2) is 43.5 Å². The van der Waals surface area contributed by atoms with E-state index in [4.69, 9.17) is 14.0 Å². The highest BCUT2D eigenvalue weighted by atomic mass is 16.7. The predicted octanol–water partition coefficient (Wildman–Crippen LogP) is 1.18. The largest absolute Gasteiger partial charge is 0.496 e. The van der Waals surface area contributed by atoms with Crippen LogP contribution in [0, 0.1) is 0 Å². The smallest absolute Gasteiger partial charge is 0.494 e. The third-order valence-electron chi connectivity index (χ3n) is 4.00. The van der Waals surface area contributed by atoms with Crippen molar-refractivity contribution in [1.82, 2.24) is 4.98 Å². The number of hydrogen-bond donors (Lipinski definition) is 0. The van der Waals surface area contributed by atoms with E-state index in [1.807, 2.05) is 27.7 Å². The Hall–Kier alpha value is -1.60. The summed E-state index contributed by atoms with van der Waals surface area (Å²) in [5.74, 6) is -0.221. The van der Waals surface area contributed by atoms with E-state index in [1.165, 1.54) is 20.4 Å². The van der Waals surface area contributed by atoms with Crippen LogP contribution in [-0.2, 0) is 14.0 Å². The first-order valence-corrected chi connectivity index (χ1v) is 6.70. The molecule has 1 aliphatic rings. The zero-order valence-corrected chi connectivity index (χ0v) is 13.2.